The predicted molar refractivity (Wildman–Crippen MR) is 62.0 cm³/mol. The van der Waals surface area contributed by atoms with E-state index in [1.807, 2.05) is 0 Å². The number of nitrogens with one attached hydrogen (secondary N) is 2. The van der Waals surface area contributed by atoms with Crippen LogP contribution in [0.4, 0.5) is 0 Å². The highest BCUT2D eigenvalue weighted by Crippen LogP contribution is 2.24. The summed E-state index contributed by atoms with van der Waals surface area (Å²) in [5.41, 5.74) is 0. The Morgan fingerprint density at radius 1 is 1.38 bits per heavy atom. The minimum absolute atomic E-state index is 0.141. The number of rotatable bonds is 3. The van der Waals surface area contributed by atoms with Crippen LogP contribution in [0.5, 0.6) is 0 Å². The Bertz CT molecular complexity index is 239. The van der Waals surface area contributed by atoms with E-state index in [0.717, 1.165) is 51.7 Å². The second-order valence-electron chi connectivity index (χ2n) is 5.12. The Hall–Kier alpha value is -0.610. The molecule has 0 aromatic rings. The Balaban J connectivity index is 1.66. The molecule has 3 N–H and O–H groups in total. The molecule has 1 heterocycles. The average molecular weight is 226 g/mol. The summed E-state index contributed by atoms with van der Waals surface area (Å²) in [5, 5.41) is 15.7. The van der Waals surface area contributed by atoms with Gasteiger partial charge in [-0.1, -0.05) is 0 Å². The molecule has 1 aliphatic heterocycles. The molecule has 4 heteroatoms. The molecule has 0 aromatic heterocycles. The molecule has 0 bridgehead atoms. The first-order valence-corrected chi connectivity index (χ1v) is 6.42. The molecule has 16 heavy (non-hydrogen) atoms. The molecule has 0 spiro atoms. The van der Waals surface area contributed by atoms with Crippen molar-refractivity contribution in [2.75, 3.05) is 19.6 Å². The second kappa shape index (κ2) is 5.64. The lowest BCUT2D eigenvalue weighted by Gasteiger charge is -2.22. The number of hydrogen-bond acceptors (Lipinski definition) is 3. The zero-order chi connectivity index (χ0) is 11.4. The van der Waals surface area contributed by atoms with E-state index >= 15 is 0 Å². The van der Waals surface area contributed by atoms with Crippen LogP contribution in [0.1, 0.15) is 32.1 Å². The second-order valence-corrected chi connectivity index (χ2v) is 5.12. The fraction of sp³-hybridized carbons (Fsp3) is 0.917. The van der Waals surface area contributed by atoms with Gasteiger partial charge < -0.3 is 15.7 Å². The van der Waals surface area contributed by atoms with Crippen LogP contribution in [0.2, 0.25) is 0 Å². The highest BCUT2D eigenvalue weighted by molar-refractivity contribution is 5.78. The summed E-state index contributed by atoms with van der Waals surface area (Å²) in [5.74, 6) is 0.823. The lowest BCUT2D eigenvalue weighted by atomic mass is 9.98. The summed E-state index contributed by atoms with van der Waals surface area (Å²) in [6, 6.07) is 0. The summed E-state index contributed by atoms with van der Waals surface area (Å²) < 4.78 is 0. The van der Waals surface area contributed by atoms with E-state index in [2.05, 4.69) is 10.6 Å². The smallest absolute Gasteiger partial charge is 0.224 e. The topological polar surface area (TPSA) is 61.4 Å². The van der Waals surface area contributed by atoms with Crippen LogP contribution in [0.25, 0.3) is 0 Å². The molecule has 2 aliphatic rings. The van der Waals surface area contributed by atoms with Gasteiger partial charge in [-0.3, -0.25) is 4.79 Å². The minimum Gasteiger partial charge on any atom is -0.393 e. The van der Waals surface area contributed by atoms with Crippen LogP contribution in [-0.4, -0.2) is 36.8 Å². The molecule has 4 nitrogen and oxygen atoms in total. The van der Waals surface area contributed by atoms with Gasteiger partial charge in [-0.15, -0.1) is 0 Å². The van der Waals surface area contributed by atoms with Crippen molar-refractivity contribution in [3.05, 3.63) is 0 Å². The fourth-order valence-electron chi connectivity index (χ4n) is 2.70. The van der Waals surface area contributed by atoms with Crippen molar-refractivity contribution >= 4 is 5.91 Å². The summed E-state index contributed by atoms with van der Waals surface area (Å²) in [6.45, 7) is 2.60. The van der Waals surface area contributed by atoms with Gasteiger partial charge in [0, 0.05) is 13.1 Å². The molecule has 92 valence electrons. The molecule has 2 fully saturated rings. The molecule has 1 amide bonds. The SMILES string of the molecule is O=C(NCC1CCC(O)C1)[C@@H]1CCCNC1. The molecule has 0 aromatic carbocycles. The van der Waals surface area contributed by atoms with Gasteiger partial charge in [0.2, 0.25) is 5.91 Å². The van der Waals surface area contributed by atoms with E-state index in [-0.39, 0.29) is 17.9 Å². The van der Waals surface area contributed by atoms with E-state index in [4.69, 9.17) is 0 Å². The Morgan fingerprint density at radius 3 is 2.88 bits per heavy atom. The summed E-state index contributed by atoms with van der Waals surface area (Å²) in [6.07, 6.45) is 4.75. The monoisotopic (exact) mass is 226 g/mol. The molecule has 2 unspecified atom stereocenters. The lowest BCUT2D eigenvalue weighted by molar-refractivity contribution is -0.125. The first-order valence-electron chi connectivity index (χ1n) is 6.42. The van der Waals surface area contributed by atoms with E-state index in [1.54, 1.807) is 0 Å². The van der Waals surface area contributed by atoms with E-state index < -0.39 is 0 Å². The standard InChI is InChI=1S/C12H22N2O2/c15-11-4-3-9(6-11)7-14-12(16)10-2-1-5-13-8-10/h9-11,13,15H,1-8H2,(H,14,16)/t9?,10-,11?/m1/s1. The van der Waals surface area contributed by atoms with Crippen LogP contribution < -0.4 is 10.6 Å². The molecular formula is C12H22N2O2. The molecular weight excluding hydrogens is 204 g/mol. The third kappa shape index (κ3) is 3.19. The molecule has 0 radical (unpaired) electrons. The Kier molecular flexibility index (Phi) is 4.18. The third-order valence-electron chi connectivity index (χ3n) is 3.75. The largest absolute Gasteiger partial charge is 0.393 e. The highest BCUT2D eigenvalue weighted by atomic mass is 16.3. The maximum absolute atomic E-state index is 11.8. The van der Waals surface area contributed by atoms with Crippen LogP contribution in [0.15, 0.2) is 0 Å². The van der Waals surface area contributed by atoms with Gasteiger partial charge in [0.25, 0.3) is 0 Å². The van der Waals surface area contributed by atoms with Gasteiger partial charge in [0.05, 0.1) is 12.0 Å². The number of aliphatic hydroxyl groups excluding tert-OH is 1. The fourth-order valence-corrected chi connectivity index (χ4v) is 2.70. The number of amides is 1. The van der Waals surface area contributed by atoms with Crippen molar-refractivity contribution in [3.63, 3.8) is 0 Å². The van der Waals surface area contributed by atoms with Crippen molar-refractivity contribution in [1.82, 2.24) is 10.6 Å². The molecule has 1 saturated heterocycles. The summed E-state index contributed by atoms with van der Waals surface area (Å²) >= 11 is 0. The van der Waals surface area contributed by atoms with E-state index in [9.17, 15) is 9.90 Å². The lowest BCUT2D eigenvalue weighted by Crippen LogP contribution is -2.41. The van der Waals surface area contributed by atoms with Crippen molar-refractivity contribution in [3.8, 4) is 0 Å². The van der Waals surface area contributed by atoms with Gasteiger partial charge in [0.15, 0.2) is 0 Å². The van der Waals surface area contributed by atoms with Crippen molar-refractivity contribution in [1.29, 1.82) is 0 Å². The quantitative estimate of drug-likeness (QED) is 0.647. The first kappa shape index (κ1) is 11.9. The number of carbonyl (C=O) groups excluding carboxylic acids is 1. The van der Waals surface area contributed by atoms with E-state index in [0.29, 0.717) is 5.92 Å². The highest BCUT2D eigenvalue weighted by Gasteiger charge is 2.25. The molecule has 1 aliphatic carbocycles. The van der Waals surface area contributed by atoms with Crippen LogP contribution >= 0.6 is 0 Å². The zero-order valence-corrected chi connectivity index (χ0v) is 9.74. The minimum atomic E-state index is -0.141. The molecule has 1 saturated carbocycles. The number of hydrogen-bond donors (Lipinski definition) is 3. The summed E-state index contributed by atoms with van der Waals surface area (Å²) in [4.78, 5) is 11.8. The number of carbonyl (C=O) groups is 1. The van der Waals surface area contributed by atoms with Crippen LogP contribution in [0.3, 0.4) is 0 Å². The zero-order valence-electron chi connectivity index (χ0n) is 9.74. The van der Waals surface area contributed by atoms with Gasteiger partial charge in [-0.05, 0) is 44.6 Å². The van der Waals surface area contributed by atoms with Crippen LogP contribution in [0, 0.1) is 11.8 Å². The van der Waals surface area contributed by atoms with Gasteiger partial charge >= 0.3 is 0 Å². The van der Waals surface area contributed by atoms with E-state index in [1.165, 1.54) is 0 Å². The Labute approximate surface area is 96.8 Å². The van der Waals surface area contributed by atoms with Gasteiger partial charge in [-0.2, -0.15) is 0 Å². The maximum Gasteiger partial charge on any atom is 0.224 e. The normalized spacial score (nSPS) is 34.9. The predicted octanol–water partition coefficient (Wildman–Crippen LogP) is 0.263. The van der Waals surface area contributed by atoms with Crippen LogP contribution in [-0.2, 0) is 4.79 Å². The summed E-state index contributed by atoms with van der Waals surface area (Å²) in [7, 11) is 0. The Morgan fingerprint density at radius 2 is 2.25 bits per heavy atom. The third-order valence-corrected chi connectivity index (χ3v) is 3.75. The first-order chi connectivity index (χ1) is 7.75. The maximum atomic E-state index is 11.8. The number of piperidine rings is 1. The van der Waals surface area contributed by atoms with Crippen molar-refractivity contribution < 1.29 is 9.90 Å². The van der Waals surface area contributed by atoms with Gasteiger partial charge in [-0.25, -0.2) is 0 Å². The van der Waals surface area contributed by atoms with Crippen molar-refractivity contribution in [2.45, 2.75) is 38.2 Å². The molecule has 2 rings (SSSR count). The number of aliphatic hydroxyl groups is 1. The molecule has 3 atom stereocenters. The van der Waals surface area contributed by atoms with Crippen molar-refractivity contribution in [2.24, 2.45) is 11.8 Å². The van der Waals surface area contributed by atoms with Gasteiger partial charge in [0.1, 0.15) is 0 Å². The average Bonchev–Trinajstić information content (AvgIpc) is 2.73.